The third-order valence-electron chi connectivity index (χ3n) is 1.95. The number of hydrogen-bond donors (Lipinski definition) is 0. The molecule has 1 heterocycles. The van der Waals surface area contributed by atoms with Crippen LogP contribution in [0, 0.1) is 0 Å². The molecule has 0 N–H and O–H groups in total. The smallest absolute Gasteiger partial charge is 0.168 e. The van der Waals surface area contributed by atoms with Gasteiger partial charge in [0.25, 0.3) is 0 Å². The fraction of sp³-hybridized carbons (Fsp3) is 1.00. The molecule has 78 valence electrons. The molecule has 0 aromatic heterocycles. The highest BCUT2D eigenvalue weighted by Crippen LogP contribution is 2.40. The number of thioether (sulfide) groups is 1. The van der Waals surface area contributed by atoms with E-state index in [9.17, 15) is 0 Å². The summed E-state index contributed by atoms with van der Waals surface area (Å²) < 4.78 is 11.7. The topological polar surface area (TPSA) is 18.5 Å². The van der Waals surface area contributed by atoms with Crippen molar-refractivity contribution >= 4 is 11.8 Å². The van der Waals surface area contributed by atoms with Crippen LogP contribution in [0.4, 0.5) is 0 Å². The molecule has 1 aliphatic heterocycles. The van der Waals surface area contributed by atoms with Crippen LogP contribution in [0.1, 0.15) is 41.0 Å². The van der Waals surface area contributed by atoms with Crippen molar-refractivity contribution in [3.05, 3.63) is 0 Å². The standard InChI is InChI=1S/C10H20O2S/c1-8(2)11-10(5)6-7-13-9(3,4)12-10/h8H,6-7H2,1-5H3. The summed E-state index contributed by atoms with van der Waals surface area (Å²) in [5.41, 5.74) is 0. The first-order valence-electron chi connectivity index (χ1n) is 4.85. The Kier molecular flexibility index (Phi) is 3.31. The molecule has 0 spiro atoms. The van der Waals surface area contributed by atoms with Gasteiger partial charge in [0.1, 0.15) is 4.93 Å². The first-order valence-corrected chi connectivity index (χ1v) is 5.83. The predicted octanol–water partition coefficient (Wildman–Crippen LogP) is 3.02. The van der Waals surface area contributed by atoms with Gasteiger partial charge in [-0.05, 0) is 34.6 Å². The Morgan fingerprint density at radius 1 is 1.31 bits per heavy atom. The minimum atomic E-state index is -0.386. The highest BCUT2D eigenvalue weighted by Gasteiger charge is 2.39. The van der Waals surface area contributed by atoms with E-state index < -0.39 is 0 Å². The van der Waals surface area contributed by atoms with Crippen molar-refractivity contribution in [2.24, 2.45) is 0 Å². The van der Waals surface area contributed by atoms with Crippen molar-refractivity contribution < 1.29 is 9.47 Å². The predicted molar refractivity (Wildman–Crippen MR) is 56.9 cm³/mol. The molecule has 3 heteroatoms. The molecule has 1 fully saturated rings. The van der Waals surface area contributed by atoms with Gasteiger partial charge in [0, 0.05) is 12.2 Å². The van der Waals surface area contributed by atoms with Crippen LogP contribution in [-0.2, 0) is 9.47 Å². The summed E-state index contributed by atoms with van der Waals surface area (Å²) in [7, 11) is 0. The van der Waals surface area contributed by atoms with Crippen molar-refractivity contribution in [2.75, 3.05) is 5.75 Å². The molecule has 0 aliphatic carbocycles. The van der Waals surface area contributed by atoms with Crippen molar-refractivity contribution in [2.45, 2.75) is 57.9 Å². The van der Waals surface area contributed by atoms with E-state index in [2.05, 4.69) is 13.8 Å². The average Bonchev–Trinajstić information content (AvgIpc) is 1.79. The number of hydrogen-bond acceptors (Lipinski definition) is 3. The van der Waals surface area contributed by atoms with E-state index in [1.54, 1.807) is 0 Å². The molecule has 0 bridgehead atoms. The molecule has 0 radical (unpaired) electrons. The SMILES string of the molecule is CC(C)OC1(C)CCSC(C)(C)O1. The minimum Gasteiger partial charge on any atom is -0.347 e. The summed E-state index contributed by atoms with van der Waals surface area (Å²) in [6.07, 6.45) is 1.20. The quantitative estimate of drug-likeness (QED) is 0.689. The van der Waals surface area contributed by atoms with Gasteiger partial charge in [-0.25, -0.2) is 0 Å². The van der Waals surface area contributed by atoms with Crippen LogP contribution in [0.2, 0.25) is 0 Å². The van der Waals surface area contributed by atoms with Crippen LogP contribution in [0.3, 0.4) is 0 Å². The van der Waals surface area contributed by atoms with E-state index in [1.165, 1.54) is 0 Å². The largest absolute Gasteiger partial charge is 0.347 e. The highest BCUT2D eigenvalue weighted by molar-refractivity contribution is 8.00. The van der Waals surface area contributed by atoms with E-state index in [-0.39, 0.29) is 16.8 Å². The van der Waals surface area contributed by atoms with E-state index in [4.69, 9.17) is 9.47 Å². The van der Waals surface area contributed by atoms with Crippen LogP contribution in [0.25, 0.3) is 0 Å². The molecule has 0 saturated carbocycles. The maximum Gasteiger partial charge on any atom is 0.168 e. The van der Waals surface area contributed by atoms with E-state index in [0.29, 0.717) is 0 Å². The van der Waals surface area contributed by atoms with Crippen LogP contribution in [-0.4, -0.2) is 22.6 Å². The van der Waals surface area contributed by atoms with Gasteiger partial charge >= 0.3 is 0 Å². The van der Waals surface area contributed by atoms with Crippen molar-refractivity contribution in [1.82, 2.24) is 0 Å². The lowest BCUT2D eigenvalue weighted by Gasteiger charge is -2.43. The Hall–Kier alpha value is 0.270. The summed E-state index contributed by atoms with van der Waals surface area (Å²) in [6, 6.07) is 0. The van der Waals surface area contributed by atoms with Crippen molar-refractivity contribution in [3.8, 4) is 0 Å². The van der Waals surface area contributed by atoms with Gasteiger partial charge in [0.2, 0.25) is 0 Å². The summed E-state index contributed by atoms with van der Waals surface area (Å²) in [5, 5.41) is 0. The lowest BCUT2D eigenvalue weighted by molar-refractivity contribution is -0.270. The van der Waals surface area contributed by atoms with Crippen LogP contribution in [0.5, 0.6) is 0 Å². The summed E-state index contributed by atoms with van der Waals surface area (Å²) >= 11 is 1.85. The second kappa shape index (κ2) is 3.79. The Labute approximate surface area is 85.4 Å². The van der Waals surface area contributed by atoms with Crippen LogP contribution in [0.15, 0.2) is 0 Å². The van der Waals surface area contributed by atoms with E-state index in [1.807, 2.05) is 32.5 Å². The third kappa shape index (κ3) is 3.49. The lowest BCUT2D eigenvalue weighted by Crippen LogP contribution is -2.45. The number of rotatable bonds is 2. The monoisotopic (exact) mass is 204 g/mol. The fourth-order valence-corrected chi connectivity index (χ4v) is 2.86. The van der Waals surface area contributed by atoms with Gasteiger partial charge in [-0.3, -0.25) is 0 Å². The van der Waals surface area contributed by atoms with Gasteiger partial charge in [-0.2, -0.15) is 0 Å². The minimum absolute atomic E-state index is 0.109. The average molecular weight is 204 g/mol. The maximum atomic E-state index is 5.91. The Morgan fingerprint density at radius 2 is 1.92 bits per heavy atom. The number of ether oxygens (including phenoxy) is 2. The molecule has 0 aromatic rings. The second-order valence-electron chi connectivity index (χ2n) is 4.40. The Morgan fingerprint density at radius 3 is 2.38 bits per heavy atom. The molecule has 0 aromatic carbocycles. The highest BCUT2D eigenvalue weighted by atomic mass is 32.2. The van der Waals surface area contributed by atoms with Crippen LogP contribution < -0.4 is 0 Å². The van der Waals surface area contributed by atoms with Crippen molar-refractivity contribution in [3.63, 3.8) is 0 Å². The van der Waals surface area contributed by atoms with Crippen molar-refractivity contribution in [1.29, 1.82) is 0 Å². The van der Waals surface area contributed by atoms with Gasteiger partial charge < -0.3 is 9.47 Å². The molecule has 1 atom stereocenters. The fourth-order valence-electron chi connectivity index (χ4n) is 1.66. The molecule has 13 heavy (non-hydrogen) atoms. The lowest BCUT2D eigenvalue weighted by atomic mass is 10.2. The van der Waals surface area contributed by atoms with Crippen LogP contribution >= 0.6 is 11.8 Å². The molecule has 1 unspecified atom stereocenters. The maximum absolute atomic E-state index is 5.91. The summed E-state index contributed by atoms with van der Waals surface area (Å²) in [5.74, 6) is 0.721. The zero-order valence-electron chi connectivity index (χ0n) is 9.22. The molecule has 2 nitrogen and oxygen atoms in total. The summed E-state index contributed by atoms with van der Waals surface area (Å²) in [6.45, 7) is 10.3. The molecule has 1 aliphatic rings. The first-order chi connectivity index (χ1) is 5.83. The molecular weight excluding hydrogens is 184 g/mol. The second-order valence-corrected chi connectivity index (χ2v) is 6.08. The molecular formula is C10H20O2S. The van der Waals surface area contributed by atoms with Gasteiger partial charge in [0.15, 0.2) is 5.79 Å². The molecule has 0 amide bonds. The van der Waals surface area contributed by atoms with Gasteiger partial charge in [-0.1, -0.05) is 0 Å². The third-order valence-corrected chi connectivity index (χ3v) is 3.14. The van der Waals surface area contributed by atoms with Gasteiger partial charge in [0.05, 0.1) is 6.10 Å². The molecule has 1 rings (SSSR count). The Balaban J connectivity index is 2.58. The first kappa shape index (κ1) is 11.3. The zero-order chi connectivity index (χ0) is 10.1. The normalized spacial score (nSPS) is 33.7. The van der Waals surface area contributed by atoms with Gasteiger partial charge in [-0.15, -0.1) is 11.8 Å². The Bertz CT molecular complexity index is 180. The summed E-state index contributed by atoms with van der Waals surface area (Å²) in [4.78, 5) is -0.109. The molecule has 1 saturated heterocycles. The van der Waals surface area contributed by atoms with E-state index >= 15 is 0 Å². The van der Waals surface area contributed by atoms with E-state index in [0.717, 1.165) is 12.2 Å². The zero-order valence-corrected chi connectivity index (χ0v) is 10.0.